The van der Waals surface area contributed by atoms with Crippen molar-refractivity contribution in [2.45, 2.75) is 26.1 Å². The van der Waals surface area contributed by atoms with Crippen molar-refractivity contribution < 1.29 is 22.4 Å². The van der Waals surface area contributed by atoms with Crippen LogP contribution in [0.2, 0.25) is 0 Å². The summed E-state index contributed by atoms with van der Waals surface area (Å²) in [7, 11) is 0. The first-order chi connectivity index (χ1) is 13.6. The molecule has 0 unspecified atom stereocenters. The first kappa shape index (κ1) is 20.4. The Morgan fingerprint density at radius 1 is 1.31 bits per heavy atom. The second-order valence-electron chi connectivity index (χ2n) is 6.47. The molecule has 0 aliphatic carbocycles. The van der Waals surface area contributed by atoms with E-state index >= 15 is 0 Å². The lowest BCUT2D eigenvalue weighted by atomic mass is 9.99. The van der Waals surface area contributed by atoms with Gasteiger partial charge in [0.2, 0.25) is 0 Å². The van der Waals surface area contributed by atoms with E-state index in [-0.39, 0.29) is 18.8 Å². The van der Waals surface area contributed by atoms with Crippen LogP contribution in [0.25, 0.3) is 5.70 Å². The number of aromatic nitrogens is 2. The van der Waals surface area contributed by atoms with Crippen LogP contribution in [0, 0.1) is 18.2 Å². The van der Waals surface area contributed by atoms with Crippen molar-refractivity contribution in [1.29, 1.82) is 5.41 Å². The van der Waals surface area contributed by atoms with Gasteiger partial charge < -0.3 is 16.0 Å². The molecule has 29 heavy (non-hydrogen) atoms. The van der Waals surface area contributed by atoms with E-state index in [1.54, 1.807) is 6.92 Å². The number of nitrogens with two attached hydrogens (primary N) is 1. The zero-order chi connectivity index (χ0) is 21.3. The number of nitrogens with one attached hydrogen (secondary N) is 1. The maximum Gasteiger partial charge on any atom is 0.419 e. The average Bonchev–Trinajstić information content (AvgIpc) is 2.65. The molecule has 2 heterocycles. The third-order valence-corrected chi connectivity index (χ3v) is 4.53. The predicted molar refractivity (Wildman–Crippen MR) is 97.6 cm³/mol. The van der Waals surface area contributed by atoms with E-state index in [9.17, 15) is 22.4 Å². The number of fused-ring (bicyclic) bond motifs is 1. The van der Waals surface area contributed by atoms with E-state index in [1.807, 2.05) is 0 Å². The highest BCUT2D eigenvalue weighted by Crippen LogP contribution is 2.33. The van der Waals surface area contributed by atoms with Gasteiger partial charge in [-0.25, -0.2) is 14.4 Å². The van der Waals surface area contributed by atoms with Crippen LogP contribution in [0.5, 0.6) is 0 Å². The minimum absolute atomic E-state index is 0.0158. The zero-order valence-corrected chi connectivity index (χ0v) is 15.3. The number of aryl methyl sites for hydroxylation is 1. The molecule has 2 aromatic rings. The molecular formula is C19H17F4N5O. The minimum Gasteiger partial charge on any atom is -0.397 e. The monoisotopic (exact) mass is 407 g/mol. The molecule has 6 nitrogen and oxygen atoms in total. The molecule has 0 fully saturated rings. The highest BCUT2D eigenvalue weighted by Gasteiger charge is 2.36. The van der Waals surface area contributed by atoms with Crippen LogP contribution in [0.3, 0.4) is 0 Å². The largest absolute Gasteiger partial charge is 0.419 e. The third-order valence-electron chi connectivity index (χ3n) is 4.53. The zero-order valence-electron chi connectivity index (χ0n) is 15.3. The summed E-state index contributed by atoms with van der Waals surface area (Å²) < 4.78 is 53.2. The second-order valence-corrected chi connectivity index (χ2v) is 6.47. The standard InChI is InChI=1S/C19H17F4N5O/c1-10-26-15-9-28(8-6-11(15)17(27-10)14(25)5-7-24)18(29)12-3-2-4-13(16(12)20)19(21,22)23/h2-5,7,24H,6,8-9,25H2,1H3/b14-5-,24-7?. The number of allylic oxidation sites excluding steroid dienone is 1. The van der Waals surface area contributed by atoms with Gasteiger partial charge in [-0.15, -0.1) is 0 Å². The lowest BCUT2D eigenvalue weighted by Gasteiger charge is -2.29. The van der Waals surface area contributed by atoms with Crippen LogP contribution < -0.4 is 5.73 Å². The molecular weight excluding hydrogens is 390 g/mol. The van der Waals surface area contributed by atoms with Crippen molar-refractivity contribution in [2.24, 2.45) is 5.73 Å². The van der Waals surface area contributed by atoms with Gasteiger partial charge in [0.1, 0.15) is 11.6 Å². The summed E-state index contributed by atoms with van der Waals surface area (Å²) in [6, 6.07) is 2.63. The normalized spacial score (nSPS) is 14.5. The Balaban J connectivity index is 1.95. The highest BCUT2D eigenvalue weighted by atomic mass is 19.4. The number of rotatable bonds is 3. The van der Waals surface area contributed by atoms with Crippen molar-refractivity contribution in [1.82, 2.24) is 14.9 Å². The van der Waals surface area contributed by atoms with E-state index < -0.39 is 29.0 Å². The summed E-state index contributed by atoms with van der Waals surface area (Å²) in [6.45, 7) is 1.76. The van der Waals surface area contributed by atoms with Gasteiger partial charge in [-0.1, -0.05) is 6.07 Å². The number of hydrogen-bond donors (Lipinski definition) is 2. The lowest BCUT2D eigenvalue weighted by molar-refractivity contribution is -0.140. The topological polar surface area (TPSA) is 96.0 Å². The third kappa shape index (κ3) is 3.96. The molecule has 0 bridgehead atoms. The number of carbonyl (C=O) groups excluding carboxylic acids is 1. The van der Waals surface area contributed by atoms with E-state index in [4.69, 9.17) is 11.1 Å². The van der Waals surface area contributed by atoms with Crippen LogP contribution in [-0.4, -0.2) is 33.5 Å². The maximum atomic E-state index is 14.4. The van der Waals surface area contributed by atoms with E-state index in [1.165, 1.54) is 11.0 Å². The van der Waals surface area contributed by atoms with Gasteiger partial charge in [-0.2, -0.15) is 13.2 Å². The molecule has 3 rings (SSSR count). The molecule has 1 aromatic carbocycles. The maximum absolute atomic E-state index is 14.4. The van der Waals surface area contributed by atoms with E-state index in [2.05, 4.69) is 9.97 Å². The van der Waals surface area contributed by atoms with Gasteiger partial charge in [0.05, 0.1) is 34.8 Å². The molecule has 152 valence electrons. The number of nitrogens with zero attached hydrogens (tertiary/aromatic N) is 3. The minimum atomic E-state index is -4.90. The second kappa shape index (κ2) is 7.61. The van der Waals surface area contributed by atoms with Crippen LogP contribution >= 0.6 is 0 Å². The predicted octanol–water partition coefficient (Wildman–Crippen LogP) is 3.09. The van der Waals surface area contributed by atoms with Crippen LogP contribution in [-0.2, 0) is 19.1 Å². The fourth-order valence-corrected chi connectivity index (χ4v) is 3.22. The Morgan fingerprint density at radius 3 is 2.69 bits per heavy atom. The smallest absolute Gasteiger partial charge is 0.397 e. The molecule has 1 aliphatic heterocycles. The van der Waals surface area contributed by atoms with Gasteiger partial charge in [-0.05, 0) is 31.6 Å². The molecule has 0 saturated heterocycles. The molecule has 0 atom stereocenters. The number of halogens is 4. The summed E-state index contributed by atoms with van der Waals surface area (Å²) in [6.07, 6.45) is -2.21. The first-order valence-corrected chi connectivity index (χ1v) is 8.61. The molecule has 0 spiro atoms. The fraction of sp³-hybridized carbons (Fsp3) is 0.263. The van der Waals surface area contributed by atoms with Crippen molar-refractivity contribution in [3.05, 3.63) is 64.0 Å². The van der Waals surface area contributed by atoms with Crippen molar-refractivity contribution in [3.63, 3.8) is 0 Å². The van der Waals surface area contributed by atoms with Gasteiger partial charge >= 0.3 is 6.18 Å². The number of amides is 1. The number of benzene rings is 1. The Bertz CT molecular complexity index is 1020. The van der Waals surface area contributed by atoms with E-state index in [0.29, 0.717) is 35.3 Å². The Labute approximate surface area is 163 Å². The molecule has 1 aromatic heterocycles. The molecule has 1 amide bonds. The van der Waals surface area contributed by atoms with Crippen molar-refractivity contribution in [2.75, 3.05) is 6.54 Å². The van der Waals surface area contributed by atoms with Crippen LogP contribution in [0.15, 0.2) is 24.3 Å². The SMILES string of the molecule is Cc1nc2c(c(/C(N)=C/C=N)n1)CCN(C(=O)c1cccc(C(F)(F)F)c1F)C2. The van der Waals surface area contributed by atoms with Crippen LogP contribution in [0.1, 0.15) is 38.7 Å². The molecule has 10 heteroatoms. The number of hydrogen-bond acceptors (Lipinski definition) is 5. The van der Waals surface area contributed by atoms with Crippen molar-refractivity contribution >= 4 is 17.8 Å². The quantitative estimate of drug-likeness (QED) is 0.604. The number of alkyl halides is 3. The van der Waals surface area contributed by atoms with Crippen molar-refractivity contribution in [3.8, 4) is 0 Å². The summed E-state index contributed by atoms with van der Waals surface area (Å²) in [5, 5.41) is 7.15. The summed E-state index contributed by atoms with van der Waals surface area (Å²) in [4.78, 5) is 22.6. The van der Waals surface area contributed by atoms with E-state index in [0.717, 1.165) is 18.3 Å². The Morgan fingerprint density at radius 2 is 2.03 bits per heavy atom. The molecule has 0 saturated carbocycles. The van der Waals surface area contributed by atoms with Gasteiger partial charge in [0.15, 0.2) is 0 Å². The fourth-order valence-electron chi connectivity index (χ4n) is 3.22. The first-order valence-electron chi connectivity index (χ1n) is 8.61. The number of carbonyl (C=O) groups is 1. The van der Waals surface area contributed by atoms with Crippen LogP contribution in [0.4, 0.5) is 17.6 Å². The van der Waals surface area contributed by atoms with Gasteiger partial charge in [0, 0.05) is 18.3 Å². The summed E-state index contributed by atoms with van der Waals surface area (Å²) in [5.74, 6) is -2.05. The molecule has 1 aliphatic rings. The Kier molecular flexibility index (Phi) is 5.36. The van der Waals surface area contributed by atoms with Gasteiger partial charge in [0.25, 0.3) is 5.91 Å². The molecule has 0 radical (unpaired) electrons. The average molecular weight is 407 g/mol. The van der Waals surface area contributed by atoms with Gasteiger partial charge in [-0.3, -0.25) is 4.79 Å². The molecule has 3 N–H and O–H groups in total. The summed E-state index contributed by atoms with van der Waals surface area (Å²) >= 11 is 0. The lowest BCUT2D eigenvalue weighted by Crippen LogP contribution is -2.38. The summed E-state index contributed by atoms with van der Waals surface area (Å²) in [5.41, 5.74) is 5.72. The Hall–Kier alpha value is -3.30. The highest BCUT2D eigenvalue weighted by molar-refractivity contribution is 5.95.